The van der Waals surface area contributed by atoms with Gasteiger partial charge in [0.2, 0.25) is 0 Å². The molecule has 98 valence electrons. The molecule has 0 aromatic carbocycles. The minimum absolute atomic E-state index is 0.315. The van der Waals surface area contributed by atoms with E-state index >= 15 is 0 Å². The molecule has 0 radical (unpaired) electrons. The summed E-state index contributed by atoms with van der Waals surface area (Å²) in [5, 5.41) is 27.1. The molecule has 18 heavy (non-hydrogen) atoms. The highest BCUT2D eigenvalue weighted by atomic mass is 19.4. The molecule has 0 spiro atoms. The molecule has 0 fully saturated rings. The first kappa shape index (κ1) is 14.2. The van der Waals surface area contributed by atoms with Crippen molar-refractivity contribution in [1.29, 1.82) is 5.26 Å². The van der Waals surface area contributed by atoms with Crippen LogP contribution in [-0.4, -0.2) is 21.3 Å². The lowest BCUT2D eigenvalue weighted by Crippen LogP contribution is -2.24. The Balaban J connectivity index is 3.14. The van der Waals surface area contributed by atoms with Gasteiger partial charge in [0.25, 0.3) is 5.56 Å². The normalized spacial score (nSPS) is 14.9. The Morgan fingerprint density at radius 3 is 2.56 bits per heavy atom. The molecule has 1 heterocycles. The highest BCUT2D eigenvalue weighted by Gasteiger charge is 2.35. The van der Waals surface area contributed by atoms with Gasteiger partial charge in [-0.3, -0.25) is 4.79 Å². The third-order valence-corrected chi connectivity index (χ3v) is 2.24. The van der Waals surface area contributed by atoms with Gasteiger partial charge in [-0.15, -0.1) is 0 Å². The van der Waals surface area contributed by atoms with Gasteiger partial charge in [0.15, 0.2) is 0 Å². The SMILES string of the molecule is N#CCC(O)C(O)c1c[nH]c(=O)c(C(F)(F)F)c1. The molecule has 1 aromatic rings. The van der Waals surface area contributed by atoms with Gasteiger partial charge >= 0.3 is 6.18 Å². The number of hydrogen-bond donors (Lipinski definition) is 3. The number of aliphatic hydroxyl groups excluding tert-OH is 2. The summed E-state index contributed by atoms with van der Waals surface area (Å²) in [4.78, 5) is 12.8. The van der Waals surface area contributed by atoms with Crippen molar-refractivity contribution in [3.63, 3.8) is 0 Å². The number of H-pyrrole nitrogens is 1. The van der Waals surface area contributed by atoms with Crippen molar-refractivity contribution in [3.8, 4) is 6.07 Å². The maximum atomic E-state index is 12.4. The molecule has 2 atom stereocenters. The quantitative estimate of drug-likeness (QED) is 0.747. The van der Waals surface area contributed by atoms with Crippen LogP contribution in [0.1, 0.15) is 23.7 Å². The number of hydrogen-bond acceptors (Lipinski definition) is 4. The summed E-state index contributed by atoms with van der Waals surface area (Å²) in [6.45, 7) is 0. The van der Waals surface area contributed by atoms with Crippen molar-refractivity contribution < 1.29 is 23.4 Å². The summed E-state index contributed by atoms with van der Waals surface area (Å²) in [6.07, 6.45) is -7.64. The highest BCUT2D eigenvalue weighted by Crippen LogP contribution is 2.28. The highest BCUT2D eigenvalue weighted by molar-refractivity contribution is 5.23. The van der Waals surface area contributed by atoms with Crippen LogP contribution in [0.4, 0.5) is 13.2 Å². The summed E-state index contributed by atoms with van der Waals surface area (Å²) in [5.41, 5.74) is -3.12. The Hall–Kier alpha value is -1.85. The largest absolute Gasteiger partial charge is 0.421 e. The summed E-state index contributed by atoms with van der Waals surface area (Å²) >= 11 is 0. The van der Waals surface area contributed by atoms with Crippen molar-refractivity contribution in [3.05, 3.63) is 33.7 Å². The van der Waals surface area contributed by atoms with Gasteiger partial charge in [-0.05, 0) is 6.07 Å². The number of aromatic nitrogens is 1. The Kier molecular flexibility index (Phi) is 4.11. The Labute approximate surface area is 99.1 Å². The van der Waals surface area contributed by atoms with E-state index in [1.54, 1.807) is 6.07 Å². The molecule has 0 aliphatic rings. The third-order valence-electron chi connectivity index (χ3n) is 2.24. The number of nitriles is 1. The minimum atomic E-state index is -4.86. The van der Waals surface area contributed by atoms with Gasteiger partial charge in [0.1, 0.15) is 11.7 Å². The van der Waals surface area contributed by atoms with Gasteiger partial charge < -0.3 is 15.2 Å². The number of rotatable bonds is 3. The van der Waals surface area contributed by atoms with E-state index in [1.807, 2.05) is 4.98 Å². The van der Waals surface area contributed by atoms with Crippen LogP contribution in [0.5, 0.6) is 0 Å². The van der Waals surface area contributed by atoms with Crippen molar-refractivity contribution in [2.45, 2.75) is 24.8 Å². The molecular weight excluding hydrogens is 253 g/mol. The number of pyridine rings is 1. The van der Waals surface area contributed by atoms with Gasteiger partial charge in [-0.1, -0.05) is 0 Å². The van der Waals surface area contributed by atoms with Crippen LogP contribution in [-0.2, 0) is 6.18 Å². The number of nitrogens with one attached hydrogen (secondary N) is 1. The second-order valence-electron chi connectivity index (χ2n) is 3.55. The van der Waals surface area contributed by atoms with Crippen LogP contribution in [0.15, 0.2) is 17.1 Å². The first-order chi connectivity index (χ1) is 8.27. The van der Waals surface area contributed by atoms with Crippen LogP contribution in [0.25, 0.3) is 0 Å². The lowest BCUT2D eigenvalue weighted by molar-refractivity contribution is -0.138. The lowest BCUT2D eigenvalue weighted by atomic mass is 10.0. The first-order valence-electron chi connectivity index (χ1n) is 4.80. The fourth-order valence-electron chi connectivity index (χ4n) is 1.31. The Bertz CT molecular complexity index is 518. The van der Waals surface area contributed by atoms with Crippen molar-refractivity contribution in [2.24, 2.45) is 0 Å². The van der Waals surface area contributed by atoms with Crippen molar-refractivity contribution >= 4 is 0 Å². The summed E-state index contributed by atoms with van der Waals surface area (Å²) in [7, 11) is 0. The molecule has 0 saturated carbocycles. The van der Waals surface area contributed by atoms with Gasteiger partial charge in [-0.25, -0.2) is 0 Å². The second kappa shape index (κ2) is 5.20. The number of aliphatic hydroxyl groups is 2. The average Bonchev–Trinajstić information content (AvgIpc) is 2.27. The zero-order valence-electron chi connectivity index (χ0n) is 8.90. The number of halogens is 3. The van der Waals surface area contributed by atoms with E-state index in [0.717, 1.165) is 6.20 Å². The van der Waals surface area contributed by atoms with E-state index in [-0.39, 0.29) is 5.56 Å². The fraction of sp³-hybridized carbons (Fsp3) is 0.400. The smallest absolute Gasteiger partial charge is 0.389 e. The molecule has 0 saturated heterocycles. The van der Waals surface area contributed by atoms with E-state index in [1.165, 1.54) is 0 Å². The maximum absolute atomic E-state index is 12.4. The van der Waals surface area contributed by atoms with E-state index in [9.17, 15) is 28.2 Å². The monoisotopic (exact) mass is 262 g/mol. The van der Waals surface area contributed by atoms with Crippen LogP contribution in [0.2, 0.25) is 0 Å². The molecule has 3 N–H and O–H groups in total. The predicted molar refractivity (Wildman–Crippen MR) is 53.3 cm³/mol. The molecular formula is C10H9F3N2O3. The Morgan fingerprint density at radius 2 is 2.06 bits per heavy atom. The number of aromatic amines is 1. The minimum Gasteiger partial charge on any atom is -0.389 e. The third kappa shape index (κ3) is 3.09. The number of alkyl halides is 3. The second-order valence-corrected chi connectivity index (χ2v) is 3.55. The molecule has 1 rings (SSSR count). The lowest BCUT2D eigenvalue weighted by Gasteiger charge is -2.16. The standard InChI is InChI=1S/C10H9F3N2O3/c11-10(12,13)6-3-5(4-15-9(6)18)8(17)7(16)1-2-14/h3-4,7-8,16-17H,1H2,(H,15,18). The fourth-order valence-corrected chi connectivity index (χ4v) is 1.31. The average molecular weight is 262 g/mol. The Morgan fingerprint density at radius 1 is 1.44 bits per heavy atom. The van der Waals surface area contributed by atoms with Crippen LogP contribution in [0.3, 0.4) is 0 Å². The van der Waals surface area contributed by atoms with E-state index in [4.69, 9.17) is 5.26 Å². The summed E-state index contributed by atoms with van der Waals surface area (Å²) in [6, 6.07) is 2.02. The zero-order chi connectivity index (χ0) is 13.9. The van der Waals surface area contributed by atoms with Gasteiger partial charge in [-0.2, -0.15) is 18.4 Å². The summed E-state index contributed by atoms with van der Waals surface area (Å²) in [5.74, 6) is 0. The molecule has 1 aromatic heterocycles. The van der Waals surface area contributed by atoms with Crippen LogP contribution < -0.4 is 5.56 Å². The van der Waals surface area contributed by atoms with E-state index < -0.39 is 35.9 Å². The number of nitrogens with zero attached hydrogens (tertiary/aromatic N) is 1. The molecule has 2 unspecified atom stereocenters. The van der Waals surface area contributed by atoms with Crippen molar-refractivity contribution in [2.75, 3.05) is 0 Å². The first-order valence-corrected chi connectivity index (χ1v) is 4.80. The maximum Gasteiger partial charge on any atom is 0.421 e. The molecule has 0 amide bonds. The van der Waals surface area contributed by atoms with E-state index in [2.05, 4.69) is 0 Å². The molecule has 0 aliphatic heterocycles. The molecule has 5 nitrogen and oxygen atoms in total. The molecule has 8 heteroatoms. The zero-order valence-corrected chi connectivity index (χ0v) is 8.90. The van der Waals surface area contributed by atoms with Crippen LogP contribution in [0, 0.1) is 11.3 Å². The van der Waals surface area contributed by atoms with E-state index in [0.29, 0.717) is 6.07 Å². The van der Waals surface area contributed by atoms with Crippen molar-refractivity contribution in [1.82, 2.24) is 4.98 Å². The molecule has 0 aliphatic carbocycles. The van der Waals surface area contributed by atoms with Gasteiger partial charge in [0.05, 0.1) is 18.6 Å². The topological polar surface area (TPSA) is 97.1 Å². The predicted octanol–water partition coefficient (Wildman–Crippen LogP) is 0.702. The molecule has 0 bridgehead atoms. The summed E-state index contributed by atoms with van der Waals surface area (Å²) < 4.78 is 37.3. The van der Waals surface area contributed by atoms with Gasteiger partial charge in [0, 0.05) is 11.8 Å². The van der Waals surface area contributed by atoms with Crippen LogP contribution >= 0.6 is 0 Å².